The van der Waals surface area contributed by atoms with Crippen molar-refractivity contribution in [2.45, 2.75) is 18.9 Å². The number of carbonyl (C=O) groups excluding carboxylic acids is 1. The molecule has 1 saturated heterocycles. The molecule has 0 saturated carbocycles. The zero-order valence-corrected chi connectivity index (χ0v) is 15.1. The SMILES string of the molecule is O=C(NC[C@H]1CCCN1c1nc2ccccc2o1)c1cc(-c2ccco2)[nH]n1. The Morgan fingerprint density at radius 2 is 2.21 bits per heavy atom. The first-order valence-corrected chi connectivity index (χ1v) is 9.27. The summed E-state index contributed by atoms with van der Waals surface area (Å²) in [5, 5.41) is 9.88. The molecule has 0 aliphatic carbocycles. The van der Waals surface area contributed by atoms with Crippen LogP contribution in [0.4, 0.5) is 6.01 Å². The number of rotatable bonds is 5. The molecule has 8 nitrogen and oxygen atoms in total. The second-order valence-corrected chi connectivity index (χ2v) is 6.81. The Labute approximate surface area is 160 Å². The Balaban J connectivity index is 1.26. The highest BCUT2D eigenvalue weighted by molar-refractivity contribution is 5.93. The number of hydrogen-bond donors (Lipinski definition) is 2. The van der Waals surface area contributed by atoms with E-state index in [9.17, 15) is 4.79 Å². The number of aromatic amines is 1. The zero-order chi connectivity index (χ0) is 18.9. The molecule has 2 N–H and O–H groups in total. The van der Waals surface area contributed by atoms with E-state index in [4.69, 9.17) is 8.83 Å². The van der Waals surface area contributed by atoms with Gasteiger partial charge in [0.05, 0.1) is 12.3 Å². The predicted octanol–water partition coefficient (Wildman–Crippen LogP) is 3.21. The molecule has 4 aromatic rings. The van der Waals surface area contributed by atoms with E-state index < -0.39 is 0 Å². The van der Waals surface area contributed by atoms with Crippen molar-refractivity contribution in [1.29, 1.82) is 0 Å². The normalized spacial score (nSPS) is 16.7. The van der Waals surface area contributed by atoms with E-state index in [2.05, 4.69) is 25.4 Å². The van der Waals surface area contributed by atoms with E-state index in [1.165, 1.54) is 0 Å². The molecule has 3 aromatic heterocycles. The van der Waals surface area contributed by atoms with Crippen LogP contribution < -0.4 is 10.2 Å². The average molecular weight is 377 g/mol. The van der Waals surface area contributed by atoms with Gasteiger partial charge in [0.25, 0.3) is 11.9 Å². The van der Waals surface area contributed by atoms with Crippen LogP contribution in [0.25, 0.3) is 22.6 Å². The van der Waals surface area contributed by atoms with Gasteiger partial charge in [0.2, 0.25) is 0 Å². The molecule has 1 aromatic carbocycles. The van der Waals surface area contributed by atoms with Crippen molar-refractivity contribution in [3.63, 3.8) is 0 Å². The molecule has 1 aliphatic rings. The van der Waals surface area contributed by atoms with Crippen molar-refractivity contribution in [3.8, 4) is 11.5 Å². The molecule has 0 unspecified atom stereocenters. The van der Waals surface area contributed by atoms with Crippen LogP contribution >= 0.6 is 0 Å². The van der Waals surface area contributed by atoms with Crippen LogP contribution in [0.1, 0.15) is 23.3 Å². The molecule has 0 bridgehead atoms. The summed E-state index contributed by atoms with van der Waals surface area (Å²) in [6.45, 7) is 1.36. The van der Waals surface area contributed by atoms with Gasteiger partial charge < -0.3 is 19.1 Å². The van der Waals surface area contributed by atoms with Gasteiger partial charge in [0.1, 0.15) is 11.2 Å². The number of aromatic nitrogens is 3. The summed E-state index contributed by atoms with van der Waals surface area (Å²) in [5.41, 5.74) is 2.62. The van der Waals surface area contributed by atoms with Crippen LogP contribution in [0.5, 0.6) is 0 Å². The molecule has 1 fully saturated rings. The van der Waals surface area contributed by atoms with Crippen LogP contribution in [0.3, 0.4) is 0 Å². The van der Waals surface area contributed by atoms with Gasteiger partial charge in [-0.1, -0.05) is 12.1 Å². The first-order valence-electron chi connectivity index (χ1n) is 9.27. The topological polar surface area (TPSA) is 100 Å². The number of anilines is 1. The molecular formula is C20H19N5O3. The monoisotopic (exact) mass is 377 g/mol. The van der Waals surface area contributed by atoms with Gasteiger partial charge in [-0.2, -0.15) is 10.1 Å². The summed E-state index contributed by atoms with van der Waals surface area (Å²) >= 11 is 0. The Hall–Kier alpha value is -3.55. The van der Waals surface area contributed by atoms with Gasteiger partial charge in [-0.05, 0) is 37.1 Å². The Bertz CT molecular complexity index is 1070. The van der Waals surface area contributed by atoms with Gasteiger partial charge in [-0.3, -0.25) is 9.89 Å². The van der Waals surface area contributed by atoms with E-state index in [1.807, 2.05) is 30.3 Å². The zero-order valence-electron chi connectivity index (χ0n) is 15.1. The molecule has 1 amide bonds. The Morgan fingerprint density at radius 3 is 3.07 bits per heavy atom. The number of nitrogens with one attached hydrogen (secondary N) is 2. The van der Waals surface area contributed by atoms with E-state index in [0.717, 1.165) is 30.5 Å². The first kappa shape index (κ1) is 16.6. The molecule has 1 aliphatic heterocycles. The minimum absolute atomic E-state index is 0.139. The summed E-state index contributed by atoms with van der Waals surface area (Å²) in [6, 6.07) is 13.7. The third-order valence-corrected chi connectivity index (χ3v) is 5.00. The number of carbonyl (C=O) groups is 1. The van der Waals surface area contributed by atoms with Crippen molar-refractivity contribution in [1.82, 2.24) is 20.5 Å². The summed E-state index contributed by atoms with van der Waals surface area (Å²) in [5.74, 6) is 0.419. The maximum atomic E-state index is 12.5. The third kappa shape index (κ3) is 3.02. The van der Waals surface area contributed by atoms with Crippen LogP contribution in [0.15, 0.2) is 57.6 Å². The fraction of sp³-hybridized carbons (Fsp3) is 0.250. The van der Waals surface area contributed by atoms with Gasteiger partial charge in [0, 0.05) is 19.2 Å². The van der Waals surface area contributed by atoms with E-state index >= 15 is 0 Å². The largest absolute Gasteiger partial charge is 0.463 e. The van der Waals surface area contributed by atoms with Crippen molar-refractivity contribution in [2.75, 3.05) is 18.0 Å². The molecule has 0 spiro atoms. The second kappa shape index (κ2) is 6.88. The van der Waals surface area contributed by atoms with Gasteiger partial charge in [-0.25, -0.2) is 0 Å². The lowest BCUT2D eigenvalue weighted by Gasteiger charge is -2.22. The Kier molecular flexibility index (Phi) is 4.08. The summed E-state index contributed by atoms with van der Waals surface area (Å²) in [6.07, 6.45) is 3.58. The lowest BCUT2D eigenvalue weighted by atomic mass is 10.2. The number of oxazole rings is 1. The van der Waals surface area contributed by atoms with Gasteiger partial charge in [-0.15, -0.1) is 0 Å². The van der Waals surface area contributed by atoms with Gasteiger partial charge >= 0.3 is 0 Å². The summed E-state index contributed by atoms with van der Waals surface area (Å²) < 4.78 is 11.2. The number of H-pyrrole nitrogens is 1. The number of amides is 1. The van der Waals surface area contributed by atoms with Crippen molar-refractivity contribution < 1.29 is 13.6 Å². The second-order valence-electron chi connectivity index (χ2n) is 6.81. The number of benzene rings is 1. The molecule has 5 rings (SSSR count). The molecule has 0 radical (unpaired) electrons. The highest BCUT2D eigenvalue weighted by Gasteiger charge is 2.29. The number of furan rings is 1. The van der Waals surface area contributed by atoms with Crippen molar-refractivity contribution in [3.05, 3.63) is 54.4 Å². The number of fused-ring (bicyclic) bond motifs is 1. The van der Waals surface area contributed by atoms with Gasteiger partial charge in [0.15, 0.2) is 17.0 Å². The fourth-order valence-corrected chi connectivity index (χ4v) is 3.58. The third-order valence-electron chi connectivity index (χ3n) is 5.00. The summed E-state index contributed by atoms with van der Waals surface area (Å²) in [7, 11) is 0. The summed E-state index contributed by atoms with van der Waals surface area (Å²) in [4.78, 5) is 19.2. The maximum absolute atomic E-state index is 12.5. The average Bonchev–Trinajstić information content (AvgIpc) is 3.51. The molecule has 1 atom stereocenters. The number of para-hydroxylation sites is 2. The smallest absolute Gasteiger partial charge is 0.298 e. The van der Waals surface area contributed by atoms with E-state index in [1.54, 1.807) is 18.4 Å². The lowest BCUT2D eigenvalue weighted by Crippen LogP contribution is -2.40. The van der Waals surface area contributed by atoms with Crippen LogP contribution in [0.2, 0.25) is 0 Å². The minimum Gasteiger partial charge on any atom is -0.463 e. The molecule has 8 heteroatoms. The van der Waals surface area contributed by atoms with Crippen molar-refractivity contribution >= 4 is 23.0 Å². The molecule has 142 valence electrons. The lowest BCUT2D eigenvalue weighted by molar-refractivity contribution is 0.0946. The highest BCUT2D eigenvalue weighted by atomic mass is 16.4. The quantitative estimate of drug-likeness (QED) is 0.554. The number of hydrogen-bond acceptors (Lipinski definition) is 6. The van der Waals surface area contributed by atoms with Crippen molar-refractivity contribution in [2.24, 2.45) is 0 Å². The standard InChI is InChI=1S/C20H19N5O3/c26-19(16-11-15(23-24-16)17-8-4-10-27-17)21-12-13-5-3-9-25(13)20-22-14-6-1-2-7-18(14)28-20/h1-2,4,6-8,10-11,13H,3,5,9,12H2,(H,21,26)(H,23,24)/t13-/m1/s1. The highest BCUT2D eigenvalue weighted by Crippen LogP contribution is 2.28. The van der Waals surface area contributed by atoms with Crippen LogP contribution in [-0.4, -0.2) is 40.2 Å². The molecular weight excluding hydrogens is 358 g/mol. The van der Waals surface area contributed by atoms with E-state index in [0.29, 0.717) is 29.7 Å². The maximum Gasteiger partial charge on any atom is 0.298 e. The molecule has 28 heavy (non-hydrogen) atoms. The van der Waals surface area contributed by atoms with Crippen LogP contribution in [0, 0.1) is 0 Å². The first-order chi connectivity index (χ1) is 13.8. The Morgan fingerprint density at radius 1 is 1.29 bits per heavy atom. The predicted molar refractivity (Wildman–Crippen MR) is 103 cm³/mol. The molecule has 4 heterocycles. The van der Waals surface area contributed by atoms with E-state index in [-0.39, 0.29) is 11.9 Å². The fourth-order valence-electron chi connectivity index (χ4n) is 3.58. The van der Waals surface area contributed by atoms with Crippen LogP contribution in [-0.2, 0) is 0 Å². The minimum atomic E-state index is -0.224. The number of nitrogens with zero attached hydrogens (tertiary/aromatic N) is 3.